The minimum Gasteiger partial charge on any atom is -0.306 e. The molecule has 1 rings (SSSR count). The average Bonchev–Trinajstić information content (AvgIpc) is 2.56. The van der Waals surface area contributed by atoms with Gasteiger partial charge in [0.15, 0.2) is 0 Å². The Hall–Kier alpha value is -0.820. The lowest BCUT2D eigenvalue weighted by molar-refractivity contribution is 0.240. The van der Waals surface area contributed by atoms with Crippen molar-refractivity contribution >= 4 is 0 Å². The Kier molecular flexibility index (Phi) is 14.2. The summed E-state index contributed by atoms with van der Waals surface area (Å²) in [6.07, 6.45) is 17.2. The van der Waals surface area contributed by atoms with Gasteiger partial charge in [-0.25, -0.2) is 0 Å². The molecule has 1 saturated heterocycles. The Balaban J connectivity index is 0.000000585. The number of nitrogens with zero attached hydrogens (tertiary/aromatic N) is 1. The van der Waals surface area contributed by atoms with E-state index < -0.39 is 0 Å². The molecule has 134 valence electrons. The highest BCUT2D eigenvalue weighted by molar-refractivity contribution is 5.23. The fourth-order valence-corrected chi connectivity index (χ4v) is 2.65. The third kappa shape index (κ3) is 12.3. The summed E-state index contributed by atoms with van der Waals surface area (Å²) in [5, 5.41) is 0. The van der Waals surface area contributed by atoms with Crippen LogP contribution in [0.2, 0.25) is 0 Å². The van der Waals surface area contributed by atoms with Crippen molar-refractivity contribution in [3.8, 4) is 0 Å². The van der Waals surface area contributed by atoms with Crippen LogP contribution < -0.4 is 0 Å². The summed E-state index contributed by atoms with van der Waals surface area (Å²) in [7, 11) is 2.20. The molecule has 0 aromatic heterocycles. The van der Waals surface area contributed by atoms with E-state index in [-0.39, 0.29) is 0 Å². The highest BCUT2D eigenvalue weighted by Gasteiger charge is 2.17. The molecule has 0 unspecified atom stereocenters. The summed E-state index contributed by atoms with van der Waals surface area (Å²) in [6.45, 7) is 15.5. The van der Waals surface area contributed by atoms with Crippen LogP contribution in [0.5, 0.6) is 0 Å². The van der Waals surface area contributed by atoms with Crippen molar-refractivity contribution in [1.82, 2.24) is 4.90 Å². The van der Waals surface area contributed by atoms with Crippen molar-refractivity contribution in [3.05, 3.63) is 36.0 Å². The molecule has 1 nitrogen and oxygen atoms in total. The van der Waals surface area contributed by atoms with Crippen LogP contribution in [0.1, 0.15) is 79.1 Å². The molecule has 0 bridgehead atoms. The van der Waals surface area contributed by atoms with Crippen LogP contribution in [0, 0.1) is 5.92 Å². The van der Waals surface area contributed by atoms with Crippen molar-refractivity contribution in [1.29, 1.82) is 0 Å². The summed E-state index contributed by atoms with van der Waals surface area (Å²) in [5.74, 6) is 0.697. The molecular formula is C22H41N. The van der Waals surface area contributed by atoms with Gasteiger partial charge in [-0.1, -0.05) is 88.8 Å². The van der Waals surface area contributed by atoms with Crippen LogP contribution in [-0.4, -0.2) is 25.0 Å². The molecule has 0 saturated carbocycles. The molecule has 0 spiro atoms. The van der Waals surface area contributed by atoms with Gasteiger partial charge in [-0.05, 0) is 52.2 Å². The second kappa shape index (κ2) is 14.8. The van der Waals surface area contributed by atoms with Crippen molar-refractivity contribution in [3.63, 3.8) is 0 Å². The molecule has 0 atom stereocenters. The van der Waals surface area contributed by atoms with Gasteiger partial charge in [-0.15, -0.1) is 0 Å². The molecule has 0 N–H and O–H groups in total. The van der Waals surface area contributed by atoms with E-state index in [1.165, 1.54) is 69.2 Å². The number of hydrogen-bond acceptors (Lipinski definition) is 1. The van der Waals surface area contributed by atoms with E-state index >= 15 is 0 Å². The van der Waals surface area contributed by atoms with Crippen LogP contribution in [-0.2, 0) is 0 Å². The van der Waals surface area contributed by atoms with E-state index in [1.54, 1.807) is 0 Å². The van der Waals surface area contributed by atoms with Gasteiger partial charge < -0.3 is 4.90 Å². The van der Waals surface area contributed by atoms with Gasteiger partial charge in [0.2, 0.25) is 0 Å². The molecule has 1 fully saturated rings. The molecule has 1 aliphatic rings. The summed E-state index contributed by atoms with van der Waals surface area (Å²) in [5.41, 5.74) is 2.72. The summed E-state index contributed by atoms with van der Waals surface area (Å²) in [6, 6.07) is 0. The van der Waals surface area contributed by atoms with E-state index in [2.05, 4.69) is 64.4 Å². The van der Waals surface area contributed by atoms with Gasteiger partial charge in [-0.2, -0.15) is 0 Å². The number of rotatable bonds is 8. The Bertz CT molecular complexity index is 339. The van der Waals surface area contributed by atoms with Gasteiger partial charge in [0.05, 0.1) is 0 Å². The molecule has 0 aromatic carbocycles. The summed E-state index contributed by atoms with van der Waals surface area (Å²) < 4.78 is 0. The maximum absolute atomic E-state index is 4.19. The SMILES string of the molecule is C=C(/C=C\C=C(/C)CC)C1CCN(C)CC1.CCCCCCC. The number of piperidine rings is 1. The van der Waals surface area contributed by atoms with Crippen molar-refractivity contribution in [2.24, 2.45) is 5.92 Å². The van der Waals surface area contributed by atoms with Crippen molar-refractivity contribution in [2.45, 2.75) is 79.1 Å². The predicted octanol–water partition coefficient (Wildman–Crippen LogP) is 6.77. The normalized spacial score (nSPS) is 17.2. The van der Waals surface area contributed by atoms with Crippen LogP contribution in [0.3, 0.4) is 0 Å². The van der Waals surface area contributed by atoms with Gasteiger partial charge >= 0.3 is 0 Å². The first kappa shape index (κ1) is 22.2. The molecule has 1 heterocycles. The molecule has 0 radical (unpaired) electrons. The number of unbranched alkanes of at least 4 members (excludes halogenated alkanes) is 4. The topological polar surface area (TPSA) is 3.24 Å². The number of hydrogen-bond donors (Lipinski definition) is 0. The standard InChI is InChI=1S/C15H25N.C7H16/c1-5-13(2)7-6-8-14(3)15-9-11-16(4)12-10-15;1-3-5-7-6-4-2/h6-8,15H,3,5,9-12H2,1-2,4H3;3-7H2,1-2H3/b8-6-,13-7+;. The van der Waals surface area contributed by atoms with Crippen LogP contribution >= 0.6 is 0 Å². The first-order valence-electron chi connectivity index (χ1n) is 9.76. The highest BCUT2D eigenvalue weighted by Crippen LogP contribution is 2.23. The Morgan fingerprint density at radius 3 is 2.09 bits per heavy atom. The summed E-state index contributed by atoms with van der Waals surface area (Å²) >= 11 is 0. The zero-order valence-electron chi connectivity index (χ0n) is 16.5. The van der Waals surface area contributed by atoms with Gasteiger partial charge in [0.25, 0.3) is 0 Å². The minimum absolute atomic E-state index is 0.697. The van der Waals surface area contributed by atoms with E-state index in [4.69, 9.17) is 0 Å². The lowest BCUT2D eigenvalue weighted by Crippen LogP contribution is -2.30. The molecular weight excluding hydrogens is 278 g/mol. The Labute approximate surface area is 146 Å². The fourth-order valence-electron chi connectivity index (χ4n) is 2.65. The minimum atomic E-state index is 0.697. The largest absolute Gasteiger partial charge is 0.306 e. The number of likely N-dealkylation sites (tertiary alicyclic amines) is 1. The molecule has 0 aromatic rings. The highest BCUT2D eigenvalue weighted by atomic mass is 15.1. The first-order chi connectivity index (χ1) is 11.0. The molecule has 1 heteroatoms. The van der Waals surface area contributed by atoms with E-state index in [0.717, 1.165) is 6.42 Å². The van der Waals surface area contributed by atoms with E-state index in [1.807, 2.05) is 0 Å². The van der Waals surface area contributed by atoms with Gasteiger partial charge in [0, 0.05) is 0 Å². The predicted molar refractivity (Wildman–Crippen MR) is 107 cm³/mol. The average molecular weight is 320 g/mol. The zero-order chi connectivity index (χ0) is 17.5. The summed E-state index contributed by atoms with van der Waals surface area (Å²) in [4.78, 5) is 2.40. The third-order valence-electron chi connectivity index (χ3n) is 4.70. The molecule has 0 amide bonds. The molecule has 23 heavy (non-hydrogen) atoms. The lowest BCUT2D eigenvalue weighted by atomic mass is 9.90. The van der Waals surface area contributed by atoms with Gasteiger partial charge in [-0.3, -0.25) is 0 Å². The second-order valence-electron chi connectivity index (χ2n) is 6.94. The maximum Gasteiger partial charge on any atom is -0.00160 e. The lowest BCUT2D eigenvalue weighted by Gasteiger charge is -2.29. The third-order valence-corrected chi connectivity index (χ3v) is 4.70. The molecule has 0 aliphatic carbocycles. The van der Waals surface area contributed by atoms with Crippen LogP contribution in [0.4, 0.5) is 0 Å². The monoisotopic (exact) mass is 319 g/mol. The smallest absolute Gasteiger partial charge is 0.00160 e. The molecule has 1 aliphatic heterocycles. The number of allylic oxidation sites excluding steroid dienone is 5. The van der Waals surface area contributed by atoms with Crippen LogP contribution in [0.25, 0.3) is 0 Å². The van der Waals surface area contributed by atoms with E-state index in [0.29, 0.717) is 5.92 Å². The van der Waals surface area contributed by atoms with Crippen molar-refractivity contribution in [2.75, 3.05) is 20.1 Å². The zero-order valence-corrected chi connectivity index (χ0v) is 16.5. The second-order valence-corrected chi connectivity index (χ2v) is 6.94. The van der Waals surface area contributed by atoms with Gasteiger partial charge in [0.1, 0.15) is 0 Å². The Morgan fingerprint density at radius 2 is 1.61 bits per heavy atom. The first-order valence-corrected chi connectivity index (χ1v) is 9.76. The maximum atomic E-state index is 4.19. The van der Waals surface area contributed by atoms with Crippen molar-refractivity contribution < 1.29 is 0 Å². The van der Waals surface area contributed by atoms with E-state index in [9.17, 15) is 0 Å². The Morgan fingerprint density at radius 1 is 1.04 bits per heavy atom. The fraction of sp³-hybridized carbons (Fsp3) is 0.727. The quantitative estimate of drug-likeness (QED) is 0.352. The van der Waals surface area contributed by atoms with Crippen LogP contribution in [0.15, 0.2) is 36.0 Å².